The van der Waals surface area contributed by atoms with E-state index >= 15 is 0 Å². The van der Waals surface area contributed by atoms with Gasteiger partial charge in [0, 0.05) is 28.8 Å². The lowest BCUT2D eigenvalue weighted by Gasteiger charge is -2.12. The van der Waals surface area contributed by atoms with Crippen LogP contribution in [0.15, 0.2) is 53.0 Å². The van der Waals surface area contributed by atoms with Crippen molar-refractivity contribution in [3.63, 3.8) is 0 Å². The molecule has 4 N–H and O–H groups in total. The lowest BCUT2D eigenvalue weighted by molar-refractivity contribution is -0.136. The molecule has 2 aromatic carbocycles. The highest BCUT2D eigenvalue weighted by Gasteiger charge is 2.09. The molecule has 142 valence electrons. The van der Waals surface area contributed by atoms with Gasteiger partial charge in [-0.3, -0.25) is 9.59 Å². The number of hydrogen-bond acceptors (Lipinski definition) is 3. The van der Waals surface area contributed by atoms with E-state index in [2.05, 4.69) is 31.9 Å². The molecule has 0 unspecified atom stereocenters. The highest BCUT2D eigenvalue weighted by molar-refractivity contribution is 9.10. The van der Waals surface area contributed by atoms with Crippen molar-refractivity contribution in [2.45, 2.75) is 19.3 Å². The van der Waals surface area contributed by atoms with Crippen molar-refractivity contribution >= 4 is 45.2 Å². The van der Waals surface area contributed by atoms with E-state index in [1.807, 2.05) is 24.3 Å². The molecule has 0 radical (unpaired) electrons. The number of rotatable bonds is 8. The summed E-state index contributed by atoms with van der Waals surface area (Å²) in [6.07, 6.45) is 0.514. The summed E-state index contributed by atoms with van der Waals surface area (Å²) in [4.78, 5) is 34.4. The van der Waals surface area contributed by atoms with Crippen LogP contribution in [0.2, 0.25) is 0 Å². The molecule has 0 fully saturated rings. The monoisotopic (exact) mass is 433 g/mol. The summed E-state index contributed by atoms with van der Waals surface area (Å²) in [6.45, 7) is 0.101. The first-order valence-corrected chi connectivity index (χ1v) is 9.13. The maximum atomic E-state index is 12.2. The quantitative estimate of drug-likeness (QED) is 0.509. The first-order chi connectivity index (χ1) is 12.9. The van der Waals surface area contributed by atoms with E-state index in [1.54, 1.807) is 24.3 Å². The van der Waals surface area contributed by atoms with Gasteiger partial charge in [0.1, 0.15) is 0 Å². The molecule has 0 aliphatic heterocycles. The van der Waals surface area contributed by atoms with Crippen LogP contribution in [0.3, 0.4) is 0 Å². The van der Waals surface area contributed by atoms with Crippen LogP contribution in [-0.4, -0.2) is 29.6 Å². The topological polar surface area (TPSA) is 108 Å². The summed E-state index contributed by atoms with van der Waals surface area (Å²) < 4.78 is 0.917. The molecular weight excluding hydrogens is 414 g/mol. The molecule has 27 heavy (non-hydrogen) atoms. The second-order valence-corrected chi connectivity index (χ2v) is 6.65. The molecule has 0 bridgehead atoms. The molecule has 7 nitrogen and oxygen atoms in total. The predicted octanol–water partition coefficient (Wildman–Crippen LogP) is 3.62. The maximum absolute atomic E-state index is 12.2. The Labute approximate surface area is 165 Å². The first-order valence-electron chi connectivity index (χ1n) is 8.34. The Bertz CT molecular complexity index is 809. The normalized spacial score (nSPS) is 10.1. The van der Waals surface area contributed by atoms with Crippen molar-refractivity contribution in [3.05, 3.63) is 58.6 Å². The Kier molecular flexibility index (Phi) is 7.81. The lowest BCUT2D eigenvalue weighted by atomic mass is 10.1. The van der Waals surface area contributed by atoms with Gasteiger partial charge in [0.15, 0.2) is 0 Å². The van der Waals surface area contributed by atoms with Gasteiger partial charge in [-0.15, -0.1) is 0 Å². The number of carboxylic acid groups (broad SMARTS) is 1. The van der Waals surface area contributed by atoms with E-state index in [-0.39, 0.29) is 31.3 Å². The fourth-order valence-corrected chi connectivity index (χ4v) is 2.59. The minimum atomic E-state index is -0.957. The Morgan fingerprint density at radius 3 is 2.33 bits per heavy atom. The molecule has 0 aliphatic rings. The van der Waals surface area contributed by atoms with Crippen molar-refractivity contribution in [2.75, 3.05) is 17.2 Å². The average Bonchev–Trinajstić information content (AvgIpc) is 2.62. The largest absolute Gasteiger partial charge is 0.481 e. The maximum Gasteiger partial charge on any atom is 0.323 e. The number of carbonyl (C=O) groups is 3. The molecule has 8 heteroatoms. The summed E-state index contributed by atoms with van der Waals surface area (Å²) in [5.41, 5.74) is 2.09. The molecule has 2 aromatic rings. The molecule has 0 saturated carbocycles. The number of benzene rings is 2. The number of urea groups is 1. The summed E-state index contributed by atoms with van der Waals surface area (Å²) in [6, 6.07) is 14.0. The van der Waals surface area contributed by atoms with Crippen LogP contribution in [0.5, 0.6) is 0 Å². The molecular formula is C19H20BrN3O4. The van der Waals surface area contributed by atoms with Crippen LogP contribution in [-0.2, 0) is 16.0 Å². The van der Waals surface area contributed by atoms with Crippen LogP contribution in [0.4, 0.5) is 16.2 Å². The van der Waals surface area contributed by atoms with Gasteiger partial charge in [-0.25, -0.2) is 4.79 Å². The van der Waals surface area contributed by atoms with Gasteiger partial charge >= 0.3 is 12.0 Å². The standard InChI is InChI=1S/C19H20BrN3O4/c20-14-6-8-15(9-7-14)22-19(27)23-16-4-2-1-3-13(16)5-10-17(24)21-12-11-18(25)26/h1-4,6-9H,5,10-12H2,(H,21,24)(H,25,26)(H2,22,23,27). The van der Waals surface area contributed by atoms with Gasteiger partial charge < -0.3 is 21.1 Å². The number of nitrogens with one attached hydrogen (secondary N) is 3. The number of halogens is 1. The van der Waals surface area contributed by atoms with Gasteiger partial charge in [-0.2, -0.15) is 0 Å². The average molecular weight is 434 g/mol. The molecule has 0 atom stereocenters. The van der Waals surface area contributed by atoms with E-state index in [9.17, 15) is 14.4 Å². The van der Waals surface area contributed by atoms with Crippen LogP contribution in [0.1, 0.15) is 18.4 Å². The van der Waals surface area contributed by atoms with Gasteiger partial charge in [0.2, 0.25) is 5.91 Å². The summed E-state index contributed by atoms with van der Waals surface area (Å²) in [7, 11) is 0. The highest BCUT2D eigenvalue weighted by Crippen LogP contribution is 2.18. The SMILES string of the molecule is O=C(O)CCNC(=O)CCc1ccccc1NC(=O)Nc1ccc(Br)cc1. The predicted molar refractivity (Wildman–Crippen MR) is 107 cm³/mol. The van der Waals surface area contributed by atoms with Crippen molar-refractivity contribution in [1.29, 1.82) is 0 Å². The van der Waals surface area contributed by atoms with Gasteiger partial charge in [-0.05, 0) is 42.3 Å². The van der Waals surface area contributed by atoms with Crippen molar-refractivity contribution < 1.29 is 19.5 Å². The van der Waals surface area contributed by atoms with Crippen molar-refractivity contribution in [2.24, 2.45) is 0 Å². The number of carbonyl (C=O) groups excluding carboxylic acids is 2. The van der Waals surface area contributed by atoms with Crippen LogP contribution in [0.25, 0.3) is 0 Å². The molecule has 0 heterocycles. The minimum absolute atomic E-state index is 0.101. The van der Waals surface area contributed by atoms with E-state index in [0.29, 0.717) is 17.8 Å². The zero-order valence-electron chi connectivity index (χ0n) is 14.5. The first kappa shape index (κ1) is 20.4. The smallest absolute Gasteiger partial charge is 0.323 e. The fraction of sp³-hybridized carbons (Fsp3) is 0.211. The molecule has 0 saturated heterocycles. The highest BCUT2D eigenvalue weighted by atomic mass is 79.9. The third kappa shape index (κ3) is 7.49. The minimum Gasteiger partial charge on any atom is -0.481 e. The molecule has 3 amide bonds. The zero-order valence-corrected chi connectivity index (χ0v) is 16.1. The van der Waals surface area contributed by atoms with Crippen molar-refractivity contribution in [3.8, 4) is 0 Å². The molecule has 0 aromatic heterocycles. The van der Waals surface area contributed by atoms with Crippen molar-refractivity contribution in [1.82, 2.24) is 5.32 Å². The van der Waals surface area contributed by atoms with Crippen LogP contribution >= 0.6 is 15.9 Å². The van der Waals surface area contributed by atoms with Crippen LogP contribution in [0, 0.1) is 0 Å². The number of aliphatic carboxylic acids is 1. The third-order valence-corrected chi connectivity index (χ3v) is 4.18. The van der Waals surface area contributed by atoms with Gasteiger partial charge in [0.05, 0.1) is 6.42 Å². The van der Waals surface area contributed by atoms with E-state index in [1.165, 1.54) is 0 Å². The Morgan fingerprint density at radius 2 is 1.63 bits per heavy atom. The Morgan fingerprint density at radius 1 is 0.926 bits per heavy atom. The van der Waals surface area contributed by atoms with Gasteiger partial charge in [0.25, 0.3) is 0 Å². The Hall–Kier alpha value is -2.87. The van der Waals surface area contributed by atoms with E-state index in [4.69, 9.17) is 5.11 Å². The molecule has 2 rings (SSSR count). The number of para-hydroxylation sites is 1. The van der Waals surface area contributed by atoms with E-state index in [0.717, 1.165) is 10.0 Å². The molecule has 0 aliphatic carbocycles. The Balaban J connectivity index is 1.88. The number of carboxylic acids is 1. The lowest BCUT2D eigenvalue weighted by Crippen LogP contribution is -2.26. The zero-order chi connectivity index (χ0) is 19.6. The van der Waals surface area contributed by atoms with E-state index < -0.39 is 5.97 Å². The second kappa shape index (κ2) is 10.3. The number of anilines is 2. The third-order valence-electron chi connectivity index (χ3n) is 3.65. The molecule has 0 spiro atoms. The fourth-order valence-electron chi connectivity index (χ4n) is 2.32. The number of hydrogen-bond donors (Lipinski definition) is 4. The van der Waals surface area contributed by atoms with Crippen LogP contribution < -0.4 is 16.0 Å². The van der Waals surface area contributed by atoms with Gasteiger partial charge in [-0.1, -0.05) is 34.1 Å². The second-order valence-electron chi connectivity index (χ2n) is 5.74. The summed E-state index contributed by atoms with van der Waals surface area (Å²) in [5, 5.41) is 16.7. The number of aryl methyl sites for hydroxylation is 1. The summed E-state index contributed by atoms with van der Waals surface area (Å²) >= 11 is 3.34. The number of amides is 3. The summed E-state index contributed by atoms with van der Waals surface area (Å²) in [5.74, 6) is -1.19.